The van der Waals surface area contributed by atoms with Crippen LogP contribution in [0.1, 0.15) is 35.9 Å². The van der Waals surface area contributed by atoms with Gasteiger partial charge in [0.2, 0.25) is 0 Å². The number of esters is 1. The summed E-state index contributed by atoms with van der Waals surface area (Å²) in [7, 11) is 1.63. The number of nitrogens with zero attached hydrogens (tertiary/aromatic N) is 2. The Morgan fingerprint density at radius 1 is 1.35 bits per heavy atom. The van der Waals surface area contributed by atoms with Crippen molar-refractivity contribution in [2.75, 3.05) is 13.7 Å². The average Bonchev–Trinajstić information content (AvgIpc) is 2.96. The Bertz CT molecular complexity index is 575. The second kappa shape index (κ2) is 6.23. The Kier molecular flexibility index (Phi) is 4.40. The third-order valence-corrected chi connectivity index (χ3v) is 3.17. The molecule has 0 aliphatic heterocycles. The molecule has 1 unspecified atom stereocenters. The first kappa shape index (κ1) is 14.1. The summed E-state index contributed by atoms with van der Waals surface area (Å²) in [6.45, 7) is 4.14. The lowest BCUT2D eigenvalue weighted by Crippen LogP contribution is -2.15. The molecular weight excluding hydrogens is 256 g/mol. The number of aromatic nitrogens is 2. The minimum absolute atomic E-state index is 0.0113. The lowest BCUT2D eigenvalue weighted by Gasteiger charge is -2.16. The average molecular weight is 274 g/mol. The van der Waals surface area contributed by atoms with Gasteiger partial charge < -0.3 is 14.0 Å². The fourth-order valence-corrected chi connectivity index (χ4v) is 2.02. The Morgan fingerprint density at radius 3 is 2.65 bits per heavy atom. The smallest absolute Gasteiger partial charge is 0.356 e. The largest absolute Gasteiger partial charge is 0.497 e. The molecule has 1 aromatic heterocycles. The molecule has 1 heterocycles. The monoisotopic (exact) mass is 274 g/mol. The molecule has 0 amide bonds. The highest BCUT2D eigenvalue weighted by Gasteiger charge is 2.17. The summed E-state index contributed by atoms with van der Waals surface area (Å²) in [5.74, 6) is 0.447. The van der Waals surface area contributed by atoms with Gasteiger partial charge in [-0.15, -0.1) is 0 Å². The fraction of sp³-hybridized carbons (Fsp3) is 0.333. The normalized spacial score (nSPS) is 11.9. The number of imidazole rings is 1. The highest BCUT2D eigenvalue weighted by atomic mass is 16.5. The lowest BCUT2D eigenvalue weighted by atomic mass is 10.1. The van der Waals surface area contributed by atoms with E-state index in [9.17, 15) is 4.79 Å². The molecule has 1 aromatic carbocycles. The van der Waals surface area contributed by atoms with Crippen molar-refractivity contribution in [3.8, 4) is 5.75 Å². The zero-order valence-electron chi connectivity index (χ0n) is 11.9. The van der Waals surface area contributed by atoms with Crippen LogP contribution in [0.2, 0.25) is 0 Å². The van der Waals surface area contributed by atoms with Crippen LogP contribution in [0.15, 0.2) is 36.8 Å². The second-order valence-corrected chi connectivity index (χ2v) is 4.36. The third-order valence-electron chi connectivity index (χ3n) is 3.17. The summed E-state index contributed by atoms with van der Waals surface area (Å²) >= 11 is 0. The van der Waals surface area contributed by atoms with E-state index in [1.807, 2.05) is 31.2 Å². The van der Waals surface area contributed by atoms with Crippen LogP contribution < -0.4 is 4.74 Å². The Balaban J connectivity index is 2.26. The topological polar surface area (TPSA) is 53.3 Å². The molecule has 106 valence electrons. The van der Waals surface area contributed by atoms with Crippen LogP contribution >= 0.6 is 0 Å². The first-order valence-electron chi connectivity index (χ1n) is 6.50. The molecule has 0 spiro atoms. The van der Waals surface area contributed by atoms with Crippen LogP contribution in [-0.2, 0) is 4.74 Å². The quantitative estimate of drug-likeness (QED) is 0.787. The number of rotatable bonds is 5. The van der Waals surface area contributed by atoms with E-state index < -0.39 is 0 Å². The van der Waals surface area contributed by atoms with Gasteiger partial charge in [0.1, 0.15) is 11.4 Å². The molecule has 20 heavy (non-hydrogen) atoms. The van der Waals surface area contributed by atoms with Gasteiger partial charge in [0.25, 0.3) is 0 Å². The van der Waals surface area contributed by atoms with Gasteiger partial charge in [-0.05, 0) is 31.5 Å². The van der Waals surface area contributed by atoms with Crippen molar-refractivity contribution in [2.24, 2.45) is 0 Å². The van der Waals surface area contributed by atoms with Crippen LogP contribution in [-0.4, -0.2) is 29.2 Å². The van der Waals surface area contributed by atoms with Gasteiger partial charge in [0, 0.05) is 0 Å². The van der Waals surface area contributed by atoms with Crippen molar-refractivity contribution in [1.29, 1.82) is 0 Å². The minimum atomic E-state index is -0.356. The molecule has 5 nitrogen and oxygen atoms in total. The molecule has 0 bridgehead atoms. The van der Waals surface area contributed by atoms with E-state index in [1.54, 1.807) is 24.9 Å². The van der Waals surface area contributed by atoms with Crippen LogP contribution in [0.25, 0.3) is 0 Å². The minimum Gasteiger partial charge on any atom is -0.497 e. The molecule has 2 aromatic rings. The van der Waals surface area contributed by atoms with Crippen molar-refractivity contribution < 1.29 is 14.3 Å². The molecule has 0 saturated carbocycles. The number of carbonyl (C=O) groups excluding carboxylic acids is 1. The maximum atomic E-state index is 11.9. The SMILES string of the molecule is CCOC(=O)c1cncn1C(C)c1ccc(OC)cc1. The number of hydrogen-bond acceptors (Lipinski definition) is 4. The summed E-state index contributed by atoms with van der Waals surface area (Å²) in [6, 6.07) is 7.72. The molecular formula is C15H18N2O3. The highest BCUT2D eigenvalue weighted by molar-refractivity contribution is 5.87. The first-order chi connectivity index (χ1) is 9.67. The number of carbonyl (C=O) groups is 1. The van der Waals surface area contributed by atoms with Crippen molar-refractivity contribution in [1.82, 2.24) is 9.55 Å². The molecule has 0 N–H and O–H groups in total. The van der Waals surface area contributed by atoms with E-state index in [0.29, 0.717) is 12.3 Å². The van der Waals surface area contributed by atoms with Gasteiger partial charge in [-0.25, -0.2) is 9.78 Å². The van der Waals surface area contributed by atoms with Crippen LogP contribution in [0.5, 0.6) is 5.75 Å². The van der Waals surface area contributed by atoms with Crippen molar-refractivity contribution in [2.45, 2.75) is 19.9 Å². The standard InChI is InChI=1S/C15H18N2O3/c1-4-20-15(18)14-9-16-10-17(14)11(2)12-5-7-13(19-3)8-6-12/h5-11H,4H2,1-3H3. The summed E-state index contributed by atoms with van der Waals surface area (Å²) in [5.41, 5.74) is 1.52. The lowest BCUT2D eigenvalue weighted by molar-refractivity contribution is 0.0512. The number of hydrogen-bond donors (Lipinski definition) is 0. The van der Waals surface area contributed by atoms with Crippen LogP contribution in [0.3, 0.4) is 0 Å². The van der Waals surface area contributed by atoms with E-state index in [4.69, 9.17) is 9.47 Å². The third kappa shape index (κ3) is 2.82. The molecule has 0 radical (unpaired) electrons. The summed E-state index contributed by atoms with van der Waals surface area (Å²) in [6.07, 6.45) is 3.17. The van der Waals surface area contributed by atoms with E-state index in [0.717, 1.165) is 11.3 Å². The number of methoxy groups -OCH3 is 1. The first-order valence-corrected chi connectivity index (χ1v) is 6.50. The summed E-state index contributed by atoms with van der Waals surface area (Å²) in [5, 5.41) is 0. The molecule has 2 rings (SSSR count). The van der Waals surface area contributed by atoms with Crippen LogP contribution in [0, 0.1) is 0 Å². The molecule has 0 fully saturated rings. The van der Waals surface area contributed by atoms with Gasteiger partial charge in [-0.1, -0.05) is 12.1 Å². The van der Waals surface area contributed by atoms with Gasteiger partial charge in [0.15, 0.2) is 0 Å². The van der Waals surface area contributed by atoms with Gasteiger partial charge in [-0.2, -0.15) is 0 Å². The Hall–Kier alpha value is -2.30. The molecule has 5 heteroatoms. The van der Waals surface area contributed by atoms with Crippen molar-refractivity contribution in [3.63, 3.8) is 0 Å². The van der Waals surface area contributed by atoms with Crippen molar-refractivity contribution in [3.05, 3.63) is 48.0 Å². The van der Waals surface area contributed by atoms with Crippen molar-refractivity contribution >= 4 is 5.97 Å². The van der Waals surface area contributed by atoms with Gasteiger partial charge in [-0.3, -0.25) is 0 Å². The molecule has 0 aliphatic rings. The van der Waals surface area contributed by atoms with Gasteiger partial charge in [0.05, 0.1) is 32.3 Å². The maximum Gasteiger partial charge on any atom is 0.356 e. The van der Waals surface area contributed by atoms with Crippen LogP contribution in [0.4, 0.5) is 0 Å². The molecule has 0 aliphatic carbocycles. The number of ether oxygens (including phenoxy) is 2. The summed E-state index contributed by atoms with van der Waals surface area (Å²) in [4.78, 5) is 15.9. The maximum absolute atomic E-state index is 11.9. The number of benzene rings is 1. The van der Waals surface area contributed by atoms with E-state index in [-0.39, 0.29) is 12.0 Å². The van der Waals surface area contributed by atoms with E-state index in [2.05, 4.69) is 4.98 Å². The summed E-state index contributed by atoms with van der Waals surface area (Å²) < 4.78 is 12.0. The zero-order chi connectivity index (χ0) is 14.5. The highest BCUT2D eigenvalue weighted by Crippen LogP contribution is 2.22. The second-order valence-electron chi connectivity index (χ2n) is 4.36. The zero-order valence-corrected chi connectivity index (χ0v) is 11.9. The molecule has 1 atom stereocenters. The van der Waals surface area contributed by atoms with E-state index >= 15 is 0 Å². The van der Waals surface area contributed by atoms with E-state index in [1.165, 1.54) is 6.20 Å². The predicted octanol–water partition coefficient (Wildman–Crippen LogP) is 2.68. The molecule has 0 saturated heterocycles. The Morgan fingerprint density at radius 2 is 2.05 bits per heavy atom. The van der Waals surface area contributed by atoms with Gasteiger partial charge >= 0.3 is 5.97 Å². The Labute approximate surface area is 118 Å². The predicted molar refractivity (Wildman–Crippen MR) is 75.0 cm³/mol. The fourth-order valence-electron chi connectivity index (χ4n) is 2.02.